The lowest BCUT2D eigenvalue weighted by molar-refractivity contribution is 0.629. The van der Waals surface area contributed by atoms with Crippen molar-refractivity contribution in [2.24, 2.45) is 9.98 Å². The van der Waals surface area contributed by atoms with E-state index < -0.39 is 0 Å². The molecule has 4 N–H and O–H groups in total. The third kappa shape index (κ3) is 5.33. The molecule has 16 heteroatoms. The quantitative estimate of drug-likeness (QED) is 0.165. The second-order valence-corrected chi connectivity index (χ2v) is 11.3. The highest BCUT2D eigenvalue weighted by atomic mass is 79.9. The Hall–Kier alpha value is -6.03. The molecular weight excluding hydrogens is 672 g/mol. The fourth-order valence-electron chi connectivity index (χ4n) is 5.29. The second kappa shape index (κ2) is 11.7. The van der Waals surface area contributed by atoms with Gasteiger partial charge in [0.05, 0.1) is 40.9 Å². The summed E-state index contributed by atoms with van der Waals surface area (Å²) in [6.07, 6.45) is 9.67. The number of benzene rings is 2. The van der Waals surface area contributed by atoms with E-state index in [2.05, 4.69) is 81.9 Å². The number of aromatic nitrogens is 9. The van der Waals surface area contributed by atoms with Crippen LogP contribution in [0.3, 0.4) is 0 Å². The summed E-state index contributed by atoms with van der Waals surface area (Å²) in [5.41, 5.74) is 6.80. The molecule has 0 saturated carbocycles. The molecule has 0 unspecified atom stereocenters. The maximum Gasteiger partial charge on any atom is 0.187 e. The lowest BCUT2D eigenvalue weighted by Gasteiger charge is -2.10. The van der Waals surface area contributed by atoms with Gasteiger partial charge in [-0.05, 0) is 74.6 Å². The maximum absolute atomic E-state index is 14.5. The fraction of sp³-hybridized carbons (Fsp3) is 0.0645. The second-order valence-electron chi connectivity index (χ2n) is 10.5. The summed E-state index contributed by atoms with van der Waals surface area (Å²) < 4.78 is 29.3. The molecule has 0 atom stereocenters. The number of fused-ring (bicyclic) bond motifs is 4. The Morgan fingerprint density at radius 1 is 0.723 bits per heavy atom. The van der Waals surface area contributed by atoms with E-state index >= 15 is 0 Å². The molecule has 0 fully saturated rings. The molecular formula is C31H20BrF2N13. The van der Waals surface area contributed by atoms with E-state index in [-0.39, 0.29) is 11.6 Å². The van der Waals surface area contributed by atoms with Crippen molar-refractivity contribution in [2.45, 2.75) is 13.1 Å². The summed E-state index contributed by atoms with van der Waals surface area (Å²) >= 11 is 3.35. The lowest BCUT2D eigenvalue weighted by atomic mass is 10.1. The number of rotatable bonds is 5. The van der Waals surface area contributed by atoms with Gasteiger partial charge >= 0.3 is 0 Å². The maximum atomic E-state index is 14.5. The lowest BCUT2D eigenvalue weighted by Crippen LogP contribution is -2.00. The van der Waals surface area contributed by atoms with Crippen LogP contribution in [-0.2, 0) is 13.1 Å². The molecule has 0 amide bonds. The molecule has 0 saturated heterocycles. The molecule has 2 aromatic carbocycles. The molecule has 0 spiro atoms. The van der Waals surface area contributed by atoms with E-state index in [9.17, 15) is 8.78 Å². The topological polar surface area (TPSA) is 171 Å². The number of aromatic amines is 2. The van der Waals surface area contributed by atoms with Crippen molar-refractivity contribution in [2.75, 3.05) is 10.6 Å². The van der Waals surface area contributed by atoms with E-state index in [1.165, 1.54) is 24.8 Å². The van der Waals surface area contributed by atoms with E-state index in [1.54, 1.807) is 37.0 Å². The van der Waals surface area contributed by atoms with Crippen LogP contribution in [0.25, 0.3) is 33.3 Å². The largest absolute Gasteiger partial charge is 0.337 e. The van der Waals surface area contributed by atoms with Crippen molar-refractivity contribution >= 4 is 73.4 Å². The third-order valence-corrected chi connectivity index (χ3v) is 8.13. The van der Waals surface area contributed by atoms with Crippen LogP contribution in [0.4, 0.5) is 31.8 Å². The Balaban J connectivity index is 0.000000141. The smallest absolute Gasteiger partial charge is 0.187 e. The number of H-pyrrole nitrogens is 2. The number of pyridine rings is 1. The average molecular weight is 692 g/mol. The number of halogens is 3. The first-order chi connectivity index (χ1) is 23.0. The highest BCUT2D eigenvalue weighted by molar-refractivity contribution is 9.10. The zero-order chi connectivity index (χ0) is 31.9. The highest BCUT2D eigenvalue weighted by Gasteiger charge is 2.18. The zero-order valence-electron chi connectivity index (χ0n) is 24.0. The first-order valence-electron chi connectivity index (χ1n) is 14.1. The average Bonchev–Trinajstić information content (AvgIpc) is 3.90. The van der Waals surface area contributed by atoms with E-state index in [1.807, 2.05) is 12.1 Å². The van der Waals surface area contributed by atoms with Crippen LogP contribution < -0.4 is 10.6 Å². The molecule has 0 radical (unpaired) electrons. The van der Waals surface area contributed by atoms with Gasteiger partial charge in [-0.3, -0.25) is 25.2 Å². The first kappa shape index (κ1) is 28.4. The summed E-state index contributed by atoms with van der Waals surface area (Å²) in [5, 5.41) is 21.4. The molecule has 7 heterocycles. The van der Waals surface area contributed by atoms with Crippen molar-refractivity contribution in [3.8, 4) is 11.3 Å². The van der Waals surface area contributed by atoms with Crippen molar-refractivity contribution < 1.29 is 8.78 Å². The van der Waals surface area contributed by atoms with Gasteiger partial charge in [-0.15, -0.1) is 0 Å². The molecule has 47 heavy (non-hydrogen) atoms. The minimum Gasteiger partial charge on any atom is -0.337 e. The molecule has 13 nitrogen and oxygen atoms in total. The Bertz CT molecular complexity index is 2370. The van der Waals surface area contributed by atoms with Crippen LogP contribution >= 0.6 is 15.9 Å². The minimum absolute atomic E-state index is 0.329. The summed E-state index contributed by atoms with van der Waals surface area (Å²) in [5.74, 6) is 0.254. The molecule has 0 aliphatic carbocycles. The summed E-state index contributed by atoms with van der Waals surface area (Å²) in [4.78, 5) is 29.1. The van der Waals surface area contributed by atoms with E-state index in [0.717, 1.165) is 33.5 Å². The van der Waals surface area contributed by atoms with Gasteiger partial charge in [0.1, 0.15) is 40.5 Å². The number of nitrogens with zero attached hydrogens (tertiary/aromatic N) is 9. The predicted octanol–water partition coefficient (Wildman–Crippen LogP) is 6.16. The monoisotopic (exact) mass is 691 g/mol. The Morgan fingerprint density at radius 3 is 1.94 bits per heavy atom. The van der Waals surface area contributed by atoms with Gasteiger partial charge in [-0.2, -0.15) is 10.2 Å². The molecule has 9 rings (SSSR count). The fourth-order valence-corrected chi connectivity index (χ4v) is 5.75. The summed E-state index contributed by atoms with van der Waals surface area (Å²) in [7, 11) is 0. The first-order valence-corrected chi connectivity index (χ1v) is 14.9. The SMILES string of the molecule is Fc1cc2c(cc1Nc1ncnc3n[nH]c(-c4cccnc4)c13)C=NC2.Fc1cc2c(cc1Nc1ncnc3n[nH]c(Br)c13)C=NC2. The van der Waals surface area contributed by atoms with Crippen molar-refractivity contribution in [3.05, 3.63) is 99.9 Å². The molecule has 230 valence electrons. The van der Waals surface area contributed by atoms with Gasteiger partial charge in [-0.25, -0.2) is 28.7 Å². The van der Waals surface area contributed by atoms with Crippen molar-refractivity contribution in [1.82, 2.24) is 45.3 Å². The molecule has 7 aromatic rings. The van der Waals surface area contributed by atoms with Gasteiger partial charge in [0.25, 0.3) is 0 Å². The number of nitrogens with one attached hydrogen (secondary N) is 4. The van der Waals surface area contributed by atoms with Crippen LogP contribution in [0.2, 0.25) is 0 Å². The van der Waals surface area contributed by atoms with Crippen LogP contribution in [0.5, 0.6) is 0 Å². The minimum atomic E-state index is -0.354. The van der Waals surface area contributed by atoms with E-state index in [4.69, 9.17) is 0 Å². The Labute approximate surface area is 271 Å². The molecule has 5 aromatic heterocycles. The predicted molar refractivity (Wildman–Crippen MR) is 176 cm³/mol. The van der Waals surface area contributed by atoms with Crippen molar-refractivity contribution in [3.63, 3.8) is 0 Å². The molecule has 0 bridgehead atoms. The van der Waals surface area contributed by atoms with Gasteiger partial charge in [0.2, 0.25) is 0 Å². The Kier molecular flexibility index (Phi) is 7.09. The standard InChI is InChI=1S/C18H12FN7.C13H8BrFN6/c19-13-4-11-7-21-8-12(11)5-14(13)24-17-15-16(10-2-1-3-20-6-10)25-26-18(15)23-9-22-17;14-11-10-12(17-5-18-13(10)21-20-11)19-9-2-7-4-16-3-6(7)1-8(9)15/h1-6,8-9H,7H2,(H2,22,23,24,25,26);1-2,4-5H,3H2,(H2,17,18,19,20,21). The van der Waals surface area contributed by atoms with Crippen molar-refractivity contribution in [1.29, 1.82) is 0 Å². The summed E-state index contributed by atoms with van der Waals surface area (Å²) in [6.45, 7) is 1.04. The van der Waals surface area contributed by atoms with Crippen LogP contribution in [0.15, 0.2) is 76.0 Å². The van der Waals surface area contributed by atoms with Gasteiger partial charge in [0.15, 0.2) is 11.3 Å². The third-order valence-electron chi connectivity index (χ3n) is 7.56. The number of hydrogen-bond donors (Lipinski definition) is 4. The van der Waals surface area contributed by atoms with Gasteiger partial charge < -0.3 is 10.6 Å². The van der Waals surface area contributed by atoms with Gasteiger partial charge in [-0.1, -0.05) is 0 Å². The summed E-state index contributed by atoms with van der Waals surface area (Å²) in [6, 6.07) is 10.2. The number of hydrogen-bond acceptors (Lipinski definition) is 11. The molecule has 2 aliphatic heterocycles. The zero-order valence-corrected chi connectivity index (χ0v) is 25.6. The normalized spacial score (nSPS) is 12.7. The molecule has 2 aliphatic rings. The number of anilines is 4. The van der Waals surface area contributed by atoms with E-state index in [0.29, 0.717) is 62.8 Å². The highest BCUT2D eigenvalue weighted by Crippen LogP contribution is 2.33. The van der Waals surface area contributed by atoms with Crippen LogP contribution in [0, 0.1) is 11.6 Å². The number of aliphatic imine (C=N–C) groups is 2. The van der Waals surface area contributed by atoms with Crippen LogP contribution in [0.1, 0.15) is 22.3 Å². The Morgan fingerprint density at radius 2 is 1.32 bits per heavy atom. The van der Waals surface area contributed by atoms with Crippen LogP contribution in [-0.4, -0.2) is 57.7 Å². The van der Waals surface area contributed by atoms with Gasteiger partial charge in [0, 0.05) is 30.4 Å².